The number of nitrogens with one attached hydrogen (secondary N) is 1. The second kappa shape index (κ2) is 8.99. The van der Waals surface area contributed by atoms with Crippen LogP contribution in [0.15, 0.2) is 4.99 Å². The van der Waals surface area contributed by atoms with Gasteiger partial charge < -0.3 is 19.9 Å². The van der Waals surface area contributed by atoms with Crippen LogP contribution in [0, 0.1) is 11.3 Å². The van der Waals surface area contributed by atoms with Gasteiger partial charge in [-0.05, 0) is 25.7 Å². The van der Waals surface area contributed by atoms with E-state index in [-0.39, 0.29) is 0 Å². The lowest BCUT2D eigenvalue weighted by Gasteiger charge is -2.36. The molecule has 1 N–H and O–H groups in total. The summed E-state index contributed by atoms with van der Waals surface area (Å²) in [5.74, 6) is 1.75. The summed E-state index contributed by atoms with van der Waals surface area (Å²) in [6.45, 7) is 9.62. The summed E-state index contributed by atoms with van der Waals surface area (Å²) in [5.41, 5.74) is 0.361. The summed E-state index contributed by atoms with van der Waals surface area (Å²) in [5, 5.41) is 3.56. The summed E-state index contributed by atoms with van der Waals surface area (Å²) in [7, 11) is 1.88. The van der Waals surface area contributed by atoms with E-state index in [0.717, 1.165) is 84.4 Å². The monoisotopic (exact) mass is 391 g/mol. The van der Waals surface area contributed by atoms with Crippen LogP contribution in [0.5, 0.6) is 0 Å². The van der Waals surface area contributed by atoms with Crippen molar-refractivity contribution in [3.05, 3.63) is 0 Å². The first-order valence-corrected chi connectivity index (χ1v) is 11.2. The molecule has 0 aromatic rings. The first-order chi connectivity index (χ1) is 13.7. The molecule has 1 spiro atoms. The molecule has 4 aliphatic rings. The van der Waals surface area contributed by atoms with Crippen LogP contribution in [0.4, 0.5) is 0 Å². The molecule has 4 rings (SSSR count). The second-order valence-electron chi connectivity index (χ2n) is 9.10. The molecular formula is C21H37N5O2. The van der Waals surface area contributed by atoms with Crippen LogP contribution in [0.3, 0.4) is 0 Å². The zero-order valence-electron chi connectivity index (χ0n) is 17.5. The van der Waals surface area contributed by atoms with Crippen LogP contribution in [-0.2, 0) is 9.53 Å². The van der Waals surface area contributed by atoms with Gasteiger partial charge in [0, 0.05) is 77.3 Å². The van der Waals surface area contributed by atoms with Gasteiger partial charge in [-0.3, -0.25) is 14.7 Å². The maximum atomic E-state index is 12.6. The summed E-state index contributed by atoms with van der Waals surface area (Å²) in [6.07, 6.45) is 7.07. The van der Waals surface area contributed by atoms with E-state index >= 15 is 0 Å². The molecular weight excluding hydrogens is 354 g/mol. The Morgan fingerprint density at radius 3 is 2.57 bits per heavy atom. The number of guanidine groups is 1. The van der Waals surface area contributed by atoms with E-state index in [9.17, 15) is 4.79 Å². The van der Waals surface area contributed by atoms with Gasteiger partial charge in [0.25, 0.3) is 0 Å². The van der Waals surface area contributed by atoms with Gasteiger partial charge in [0.05, 0.1) is 6.61 Å². The lowest BCUT2D eigenvalue weighted by Crippen LogP contribution is -2.52. The fourth-order valence-electron chi connectivity index (χ4n) is 5.37. The Hall–Kier alpha value is -1.34. The highest BCUT2D eigenvalue weighted by Gasteiger charge is 2.42. The van der Waals surface area contributed by atoms with E-state index in [2.05, 4.69) is 25.0 Å². The Morgan fingerprint density at radius 1 is 1.11 bits per heavy atom. The SMILES string of the molecule is CN=C(NCCN1CCN(C(=O)C2CCCC2)CC1)N1CCC2(CCOC2)C1. The highest BCUT2D eigenvalue weighted by atomic mass is 16.5. The van der Waals surface area contributed by atoms with Crippen molar-refractivity contribution < 1.29 is 9.53 Å². The Kier molecular flexibility index (Phi) is 6.41. The maximum absolute atomic E-state index is 12.6. The van der Waals surface area contributed by atoms with Gasteiger partial charge in [-0.15, -0.1) is 0 Å². The molecule has 28 heavy (non-hydrogen) atoms. The first kappa shape index (κ1) is 20.0. The van der Waals surface area contributed by atoms with Gasteiger partial charge in [-0.2, -0.15) is 0 Å². The maximum Gasteiger partial charge on any atom is 0.225 e. The number of rotatable bonds is 4. The number of nitrogens with zero attached hydrogens (tertiary/aromatic N) is 4. The van der Waals surface area contributed by atoms with E-state index in [1.165, 1.54) is 25.7 Å². The fraction of sp³-hybridized carbons (Fsp3) is 0.905. The fourth-order valence-corrected chi connectivity index (χ4v) is 5.37. The zero-order chi connectivity index (χ0) is 19.4. The lowest BCUT2D eigenvalue weighted by atomic mass is 9.87. The number of amides is 1. The van der Waals surface area contributed by atoms with E-state index < -0.39 is 0 Å². The molecule has 158 valence electrons. The van der Waals surface area contributed by atoms with Crippen molar-refractivity contribution in [1.29, 1.82) is 0 Å². The van der Waals surface area contributed by atoms with Crippen molar-refractivity contribution in [2.75, 3.05) is 72.6 Å². The largest absolute Gasteiger partial charge is 0.381 e. The van der Waals surface area contributed by atoms with Gasteiger partial charge in [0.15, 0.2) is 5.96 Å². The minimum atomic E-state index is 0.311. The minimum Gasteiger partial charge on any atom is -0.381 e. The van der Waals surface area contributed by atoms with Gasteiger partial charge in [-0.25, -0.2) is 0 Å². The molecule has 3 heterocycles. The summed E-state index contributed by atoms with van der Waals surface area (Å²) < 4.78 is 5.64. The molecule has 3 saturated heterocycles. The first-order valence-electron chi connectivity index (χ1n) is 11.2. The molecule has 1 amide bonds. The van der Waals surface area contributed by atoms with Crippen molar-refractivity contribution >= 4 is 11.9 Å². The van der Waals surface area contributed by atoms with Gasteiger partial charge in [0.2, 0.25) is 5.91 Å². The number of aliphatic imine (C=N–C) groups is 1. The Labute approximate surface area is 169 Å². The molecule has 3 aliphatic heterocycles. The third-order valence-electron chi connectivity index (χ3n) is 7.23. The lowest BCUT2D eigenvalue weighted by molar-refractivity contribution is -0.137. The number of carbonyl (C=O) groups excluding carboxylic acids is 1. The van der Waals surface area contributed by atoms with Crippen LogP contribution >= 0.6 is 0 Å². The molecule has 0 bridgehead atoms. The van der Waals surface area contributed by atoms with Crippen LogP contribution in [-0.4, -0.2) is 99.2 Å². The third kappa shape index (κ3) is 4.46. The number of ether oxygens (including phenoxy) is 1. The van der Waals surface area contributed by atoms with Crippen molar-refractivity contribution in [3.63, 3.8) is 0 Å². The number of hydrogen-bond acceptors (Lipinski definition) is 4. The highest BCUT2D eigenvalue weighted by Crippen LogP contribution is 2.38. The average Bonchev–Trinajstić information content (AvgIpc) is 3.49. The van der Waals surface area contributed by atoms with Crippen LogP contribution in [0.2, 0.25) is 0 Å². The molecule has 4 fully saturated rings. The smallest absolute Gasteiger partial charge is 0.225 e. The molecule has 1 unspecified atom stereocenters. The minimum absolute atomic E-state index is 0.311. The molecule has 1 aliphatic carbocycles. The van der Waals surface area contributed by atoms with E-state index in [1.54, 1.807) is 0 Å². The predicted molar refractivity (Wildman–Crippen MR) is 110 cm³/mol. The number of piperazine rings is 1. The standard InChI is InChI=1S/C21H37N5O2/c1-22-20(26-9-6-21(16-26)7-15-28-17-21)23-8-10-24-11-13-25(14-12-24)19(27)18-4-2-3-5-18/h18H,2-17H2,1H3,(H,22,23). The zero-order valence-corrected chi connectivity index (χ0v) is 17.5. The Balaban J connectivity index is 1.16. The normalized spacial score (nSPS) is 30.0. The number of hydrogen-bond donors (Lipinski definition) is 1. The van der Waals surface area contributed by atoms with Gasteiger partial charge in [0.1, 0.15) is 0 Å². The van der Waals surface area contributed by atoms with E-state index in [0.29, 0.717) is 17.2 Å². The number of likely N-dealkylation sites (tertiary alicyclic amines) is 1. The molecule has 1 atom stereocenters. The van der Waals surface area contributed by atoms with Crippen LogP contribution in [0.1, 0.15) is 38.5 Å². The second-order valence-corrected chi connectivity index (χ2v) is 9.10. The highest BCUT2D eigenvalue weighted by molar-refractivity contribution is 5.80. The van der Waals surface area contributed by atoms with E-state index in [1.807, 2.05) is 7.05 Å². The van der Waals surface area contributed by atoms with Crippen molar-refractivity contribution in [3.8, 4) is 0 Å². The summed E-state index contributed by atoms with van der Waals surface area (Å²) >= 11 is 0. The topological polar surface area (TPSA) is 60.4 Å². The molecule has 1 saturated carbocycles. The van der Waals surface area contributed by atoms with Crippen LogP contribution < -0.4 is 5.32 Å². The van der Waals surface area contributed by atoms with Crippen molar-refractivity contribution in [2.45, 2.75) is 38.5 Å². The van der Waals surface area contributed by atoms with Gasteiger partial charge in [-0.1, -0.05) is 12.8 Å². The van der Waals surface area contributed by atoms with Gasteiger partial charge >= 0.3 is 0 Å². The molecule has 7 heteroatoms. The average molecular weight is 392 g/mol. The van der Waals surface area contributed by atoms with Crippen LogP contribution in [0.25, 0.3) is 0 Å². The third-order valence-corrected chi connectivity index (χ3v) is 7.23. The molecule has 0 radical (unpaired) electrons. The number of carbonyl (C=O) groups is 1. The molecule has 7 nitrogen and oxygen atoms in total. The quantitative estimate of drug-likeness (QED) is 0.573. The Bertz CT molecular complexity index is 561. The molecule has 0 aromatic carbocycles. The summed E-state index contributed by atoms with van der Waals surface area (Å²) in [4.78, 5) is 24.0. The van der Waals surface area contributed by atoms with Crippen molar-refractivity contribution in [1.82, 2.24) is 20.0 Å². The molecule has 0 aromatic heterocycles. The predicted octanol–water partition coefficient (Wildman–Crippen LogP) is 1.01. The van der Waals surface area contributed by atoms with Crippen molar-refractivity contribution in [2.24, 2.45) is 16.3 Å². The summed E-state index contributed by atoms with van der Waals surface area (Å²) in [6, 6.07) is 0. The Morgan fingerprint density at radius 2 is 1.89 bits per heavy atom. The van der Waals surface area contributed by atoms with E-state index in [4.69, 9.17) is 4.74 Å².